The van der Waals surface area contributed by atoms with Crippen molar-refractivity contribution in [2.24, 2.45) is 12.8 Å². The van der Waals surface area contributed by atoms with Gasteiger partial charge in [-0.2, -0.15) is 10.2 Å². The molecule has 0 saturated carbocycles. The summed E-state index contributed by atoms with van der Waals surface area (Å²) in [6.07, 6.45) is 5.80. The molecule has 2 rings (SSSR count). The van der Waals surface area contributed by atoms with Gasteiger partial charge in [0.1, 0.15) is 0 Å². The zero-order valence-electron chi connectivity index (χ0n) is 11.3. The molecular formula is C13H21N5. The Morgan fingerprint density at radius 3 is 2.83 bits per heavy atom. The first-order valence-corrected chi connectivity index (χ1v) is 6.37. The van der Waals surface area contributed by atoms with E-state index in [0.717, 1.165) is 30.8 Å². The fourth-order valence-corrected chi connectivity index (χ4v) is 2.19. The highest BCUT2D eigenvalue weighted by Gasteiger charge is 2.13. The van der Waals surface area contributed by atoms with Crippen LogP contribution in [0.2, 0.25) is 0 Å². The largest absolute Gasteiger partial charge is 0.323 e. The van der Waals surface area contributed by atoms with E-state index in [1.54, 1.807) is 0 Å². The third kappa shape index (κ3) is 2.79. The van der Waals surface area contributed by atoms with E-state index >= 15 is 0 Å². The van der Waals surface area contributed by atoms with E-state index in [9.17, 15) is 0 Å². The summed E-state index contributed by atoms with van der Waals surface area (Å²) >= 11 is 0. The van der Waals surface area contributed by atoms with Crippen LogP contribution in [0.25, 0.3) is 0 Å². The standard InChI is InChI=1S/C13H21N5/c1-4-18-13(7-10(2)16-18)12(14)6-5-11-8-15-17(3)9-11/h7-9,12H,4-6,14H2,1-3H3. The highest BCUT2D eigenvalue weighted by atomic mass is 15.3. The summed E-state index contributed by atoms with van der Waals surface area (Å²) in [5.41, 5.74) is 9.64. The Bertz CT molecular complexity index is 511. The van der Waals surface area contributed by atoms with Crippen molar-refractivity contribution in [2.45, 2.75) is 39.3 Å². The maximum atomic E-state index is 6.25. The predicted octanol–water partition coefficient (Wildman–Crippen LogP) is 1.58. The van der Waals surface area contributed by atoms with Crippen molar-refractivity contribution in [1.82, 2.24) is 19.6 Å². The number of aryl methyl sites for hydroxylation is 4. The number of nitrogens with zero attached hydrogens (tertiary/aromatic N) is 4. The molecule has 0 aliphatic carbocycles. The second-order valence-electron chi connectivity index (χ2n) is 4.69. The summed E-state index contributed by atoms with van der Waals surface area (Å²) in [7, 11) is 1.93. The maximum Gasteiger partial charge on any atom is 0.0597 e. The molecular weight excluding hydrogens is 226 g/mol. The van der Waals surface area contributed by atoms with E-state index in [2.05, 4.69) is 23.2 Å². The second-order valence-corrected chi connectivity index (χ2v) is 4.69. The smallest absolute Gasteiger partial charge is 0.0597 e. The van der Waals surface area contributed by atoms with Crippen molar-refractivity contribution in [3.05, 3.63) is 35.4 Å². The minimum atomic E-state index is 0.0337. The molecule has 0 bridgehead atoms. The van der Waals surface area contributed by atoms with Crippen LogP contribution in [0.15, 0.2) is 18.5 Å². The van der Waals surface area contributed by atoms with Gasteiger partial charge in [0.15, 0.2) is 0 Å². The minimum Gasteiger partial charge on any atom is -0.323 e. The van der Waals surface area contributed by atoms with Crippen LogP contribution in [0.3, 0.4) is 0 Å². The van der Waals surface area contributed by atoms with Gasteiger partial charge in [-0.15, -0.1) is 0 Å². The minimum absolute atomic E-state index is 0.0337. The molecule has 0 fully saturated rings. The molecule has 1 atom stereocenters. The van der Waals surface area contributed by atoms with Gasteiger partial charge in [0.05, 0.1) is 17.6 Å². The molecule has 2 N–H and O–H groups in total. The Morgan fingerprint density at radius 2 is 2.22 bits per heavy atom. The Labute approximate surface area is 108 Å². The van der Waals surface area contributed by atoms with Crippen molar-refractivity contribution in [1.29, 1.82) is 0 Å². The Kier molecular flexibility index (Phi) is 3.81. The Balaban J connectivity index is 2.00. The van der Waals surface area contributed by atoms with E-state index in [1.807, 2.05) is 35.7 Å². The normalized spacial score (nSPS) is 12.9. The molecule has 2 heterocycles. The summed E-state index contributed by atoms with van der Waals surface area (Å²) in [6.45, 7) is 4.96. The van der Waals surface area contributed by atoms with Crippen LogP contribution in [-0.4, -0.2) is 19.6 Å². The van der Waals surface area contributed by atoms with Gasteiger partial charge in [0.25, 0.3) is 0 Å². The summed E-state index contributed by atoms with van der Waals surface area (Å²) < 4.78 is 3.81. The molecule has 1 unspecified atom stereocenters. The Hall–Kier alpha value is -1.62. The van der Waals surface area contributed by atoms with Crippen LogP contribution in [-0.2, 0) is 20.0 Å². The summed E-state index contributed by atoms with van der Waals surface area (Å²) in [5.74, 6) is 0. The zero-order chi connectivity index (χ0) is 13.1. The molecule has 98 valence electrons. The van der Waals surface area contributed by atoms with Crippen LogP contribution in [0.5, 0.6) is 0 Å². The number of nitrogens with two attached hydrogens (primary N) is 1. The van der Waals surface area contributed by atoms with Gasteiger partial charge in [-0.1, -0.05) is 0 Å². The third-order valence-corrected chi connectivity index (χ3v) is 3.12. The number of rotatable bonds is 5. The van der Waals surface area contributed by atoms with Crippen molar-refractivity contribution in [3.8, 4) is 0 Å². The quantitative estimate of drug-likeness (QED) is 0.872. The van der Waals surface area contributed by atoms with Gasteiger partial charge < -0.3 is 5.73 Å². The molecule has 5 nitrogen and oxygen atoms in total. The first-order valence-electron chi connectivity index (χ1n) is 6.37. The predicted molar refractivity (Wildman–Crippen MR) is 71.1 cm³/mol. The van der Waals surface area contributed by atoms with Crippen LogP contribution in [0, 0.1) is 6.92 Å². The molecule has 0 aliphatic heterocycles. The van der Waals surface area contributed by atoms with Crippen LogP contribution in [0.1, 0.15) is 36.3 Å². The van der Waals surface area contributed by atoms with E-state index < -0.39 is 0 Å². The molecule has 0 aromatic carbocycles. The summed E-state index contributed by atoms with van der Waals surface area (Å²) in [6, 6.07) is 2.11. The topological polar surface area (TPSA) is 61.7 Å². The van der Waals surface area contributed by atoms with Gasteiger partial charge in [0, 0.05) is 25.8 Å². The highest BCUT2D eigenvalue weighted by molar-refractivity contribution is 5.14. The SMILES string of the molecule is CCn1nc(C)cc1C(N)CCc1cnn(C)c1. The molecule has 5 heteroatoms. The van der Waals surface area contributed by atoms with Crippen LogP contribution < -0.4 is 5.73 Å². The lowest BCUT2D eigenvalue weighted by molar-refractivity contribution is 0.545. The van der Waals surface area contributed by atoms with E-state index in [0.29, 0.717) is 0 Å². The van der Waals surface area contributed by atoms with E-state index in [-0.39, 0.29) is 6.04 Å². The van der Waals surface area contributed by atoms with Crippen molar-refractivity contribution < 1.29 is 0 Å². The van der Waals surface area contributed by atoms with Crippen molar-refractivity contribution in [2.75, 3.05) is 0 Å². The molecule has 18 heavy (non-hydrogen) atoms. The number of hydrogen-bond acceptors (Lipinski definition) is 3. The molecule has 0 amide bonds. The molecule has 0 spiro atoms. The molecule has 2 aromatic heterocycles. The third-order valence-electron chi connectivity index (χ3n) is 3.12. The lowest BCUT2D eigenvalue weighted by atomic mass is 10.1. The average Bonchev–Trinajstić information content (AvgIpc) is 2.92. The average molecular weight is 247 g/mol. The molecule has 0 aliphatic rings. The lowest BCUT2D eigenvalue weighted by Gasteiger charge is -2.12. The first-order chi connectivity index (χ1) is 8.60. The maximum absolute atomic E-state index is 6.25. The van der Waals surface area contributed by atoms with Gasteiger partial charge in [-0.25, -0.2) is 0 Å². The van der Waals surface area contributed by atoms with Gasteiger partial charge in [0.2, 0.25) is 0 Å². The molecule has 0 saturated heterocycles. The zero-order valence-corrected chi connectivity index (χ0v) is 11.3. The van der Waals surface area contributed by atoms with Crippen molar-refractivity contribution >= 4 is 0 Å². The van der Waals surface area contributed by atoms with Crippen LogP contribution in [0.4, 0.5) is 0 Å². The molecule has 2 aromatic rings. The highest BCUT2D eigenvalue weighted by Crippen LogP contribution is 2.17. The summed E-state index contributed by atoms with van der Waals surface area (Å²) in [4.78, 5) is 0. The van der Waals surface area contributed by atoms with Gasteiger partial charge in [-0.3, -0.25) is 9.36 Å². The van der Waals surface area contributed by atoms with Crippen molar-refractivity contribution in [3.63, 3.8) is 0 Å². The first kappa shape index (κ1) is 12.8. The Morgan fingerprint density at radius 1 is 1.44 bits per heavy atom. The fourth-order valence-electron chi connectivity index (χ4n) is 2.19. The number of hydrogen-bond donors (Lipinski definition) is 1. The van der Waals surface area contributed by atoms with Gasteiger partial charge in [-0.05, 0) is 38.3 Å². The monoisotopic (exact) mass is 247 g/mol. The lowest BCUT2D eigenvalue weighted by Crippen LogP contribution is -2.16. The fraction of sp³-hybridized carbons (Fsp3) is 0.538. The molecule has 0 radical (unpaired) electrons. The van der Waals surface area contributed by atoms with E-state index in [1.165, 1.54) is 5.56 Å². The summed E-state index contributed by atoms with van der Waals surface area (Å²) in [5, 5.41) is 8.59. The number of aromatic nitrogens is 4. The van der Waals surface area contributed by atoms with E-state index in [4.69, 9.17) is 5.73 Å². The second kappa shape index (κ2) is 5.35. The van der Waals surface area contributed by atoms with Gasteiger partial charge >= 0.3 is 0 Å². The van der Waals surface area contributed by atoms with Crippen LogP contribution >= 0.6 is 0 Å².